The van der Waals surface area contributed by atoms with Crippen molar-refractivity contribution in [2.45, 2.75) is 38.8 Å². The molecule has 108 valence electrons. The number of rotatable bonds is 7. The highest BCUT2D eigenvalue weighted by Crippen LogP contribution is 2.22. The van der Waals surface area contributed by atoms with Gasteiger partial charge in [0.1, 0.15) is 5.69 Å². The van der Waals surface area contributed by atoms with Crippen molar-refractivity contribution in [1.29, 1.82) is 0 Å². The maximum Gasteiger partial charge on any atom is 0.201 e. The molecule has 0 saturated heterocycles. The van der Waals surface area contributed by atoms with E-state index in [1.807, 2.05) is 25.9 Å². The molecule has 1 heterocycles. The molecule has 0 saturated carbocycles. The number of aromatic nitrogens is 2. The summed E-state index contributed by atoms with van der Waals surface area (Å²) in [5.74, 6) is -0.143. The van der Waals surface area contributed by atoms with Crippen LogP contribution in [0, 0.1) is 0 Å². The van der Waals surface area contributed by atoms with Crippen LogP contribution in [0.15, 0.2) is 6.20 Å². The molecule has 19 heavy (non-hydrogen) atoms. The van der Waals surface area contributed by atoms with Gasteiger partial charge in [0.15, 0.2) is 0 Å². The minimum atomic E-state index is -0.895. The summed E-state index contributed by atoms with van der Waals surface area (Å²) in [6, 6.07) is 0. The third-order valence-electron chi connectivity index (χ3n) is 3.06. The van der Waals surface area contributed by atoms with Crippen molar-refractivity contribution in [3.05, 3.63) is 16.9 Å². The largest absolute Gasteiger partial charge is 0.319 e. The van der Waals surface area contributed by atoms with E-state index in [0.29, 0.717) is 23.7 Å². The molecule has 0 aliphatic heterocycles. The molecule has 1 atom stereocenters. The molecule has 1 aromatic rings. The van der Waals surface area contributed by atoms with Crippen molar-refractivity contribution >= 4 is 17.4 Å². The highest BCUT2D eigenvalue weighted by molar-refractivity contribution is 6.34. The maximum absolute atomic E-state index is 12.5. The summed E-state index contributed by atoms with van der Waals surface area (Å²) in [5.41, 5.74) is 5.62. The van der Waals surface area contributed by atoms with Gasteiger partial charge in [-0.3, -0.25) is 9.48 Å². The minimum Gasteiger partial charge on any atom is -0.319 e. The third-order valence-corrected chi connectivity index (χ3v) is 3.33. The van der Waals surface area contributed by atoms with Crippen LogP contribution in [0.1, 0.15) is 37.2 Å². The smallest absolute Gasteiger partial charge is 0.201 e. The van der Waals surface area contributed by atoms with Gasteiger partial charge in [0.05, 0.1) is 23.3 Å². The van der Waals surface area contributed by atoms with Gasteiger partial charge in [-0.15, -0.1) is 0 Å². The molecular weight excluding hydrogens is 264 g/mol. The van der Waals surface area contributed by atoms with Crippen LogP contribution in [0.5, 0.6) is 0 Å². The molecule has 1 rings (SSSR count). The fraction of sp³-hybridized carbons (Fsp3) is 0.692. The lowest BCUT2D eigenvalue weighted by Gasteiger charge is -2.23. The second kappa shape index (κ2) is 6.50. The number of carbonyl (C=O) groups excluding carboxylic acids is 1. The first-order valence-corrected chi connectivity index (χ1v) is 6.87. The lowest BCUT2D eigenvalue weighted by atomic mass is 9.90. The van der Waals surface area contributed by atoms with Crippen LogP contribution >= 0.6 is 11.6 Å². The van der Waals surface area contributed by atoms with E-state index in [1.54, 1.807) is 11.6 Å². The Morgan fingerprint density at radius 1 is 1.58 bits per heavy atom. The number of hydrogen-bond acceptors (Lipinski definition) is 4. The summed E-state index contributed by atoms with van der Waals surface area (Å²) in [6.07, 6.45) is 2.98. The predicted octanol–water partition coefficient (Wildman–Crippen LogP) is 1.80. The van der Waals surface area contributed by atoms with E-state index in [9.17, 15) is 4.79 Å². The van der Waals surface area contributed by atoms with Gasteiger partial charge in [-0.25, -0.2) is 0 Å². The number of halogens is 1. The van der Waals surface area contributed by atoms with Crippen LogP contribution < -0.4 is 5.73 Å². The molecule has 2 N–H and O–H groups in total. The lowest BCUT2D eigenvalue weighted by molar-refractivity contribution is 0.0881. The van der Waals surface area contributed by atoms with Gasteiger partial charge in [0.2, 0.25) is 5.78 Å². The van der Waals surface area contributed by atoms with Gasteiger partial charge in [-0.1, -0.05) is 24.9 Å². The summed E-state index contributed by atoms with van der Waals surface area (Å²) in [6.45, 7) is 5.15. The fourth-order valence-corrected chi connectivity index (χ4v) is 2.18. The van der Waals surface area contributed by atoms with Crippen molar-refractivity contribution in [3.8, 4) is 0 Å². The summed E-state index contributed by atoms with van der Waals surface area (Å²) in [5, 5.41) is 4.54. The zero-order valence-corrected chi connectivity index (χ0v) is 12.9. The van der Waals surface area contributed by atoms with Gasteiger partial charge in [-0.2, -0.15) is 5.10 Å². The number of ketones is 1. The molecule has 0 radical (unpaired) electrons. The van der Waals surface area contributed by atoms with Gasteiger partial charge >= 0.3 is 0 Å². The summed E-state index contributed by atoms with van der Waals surface area (Å²) in [7, 11) is 3.94. The molecule has 0 aromatic carbocycles. The Balaban J connectivity index is 2.99. The Hall–Kier alpha value is -0.910. The fourth-order valence-electron chi connectivity index (χ4n) is 1.96. The highest BCUT2D eigenvalue weighted by atomic mass is 35.5. The summed E-state index contributed by atoms with van der Waals surface area (Å²) in [4.78, 5) is 14.5. The zero-order valence-electron chi connectivity index (χ0n) is 12.1. The second-order valence-electron chi connectivity index (χ2n) is 5.36. The Kier molecular flexibility index (Phi) is 5.52. The SMILES string of the molecule is CCCC(C)(N)C(=O)c1c(Cl)cnn1CCN(C)C. The van der Waals surface area contributed by atoms with E-state index in [4.69, 9.17) is 17.3 Å². The quantitative estimate of drug-likeness (QED) is 0.776. The molecule has 0 aliphatic rings. The predicted molar refractivity (Wildman–Crippen MR) is 77.6 cm³/mol. The molecule has 1 aromatic heterocycles. The molecule has 0 spiro atoms. The first-order chi connectivity index (χ1) is 8.79. The second-order valence-corrected chi connectivity index (χ2v) is 5.77. The number of likely N-dealkylation sites (N-methyl/N-ethyl adjacent to an activating group) is 1. The first kappa shape index (κ1) is 16.1. The molecule has 1 unspecified atom stereocenters. The van der Waals surface area contributed by atoms with Crippen molar-refractivity contribution in [3.63, 3.8) is 0 Å². The van der Waals surface area contributed by atoms with Gasteiger partial charge in [0, 0.05) is 6.54 Å². The monoisotopic (exact) mass is 286 g/mol. The minimum absolute atomic E-state index is 0.143. The van der Waals surface area contributed by atoms with E-state index in [0.717, 1.165) is 13.0 Å². The van der Waals surface area contributed by atoms with Crippen molar-refractivity contribution in [2.24, 2.45) is 5.73 Å². The summed E-state index contributed by atoms with van der Waals surface area (Å²) >= 11 is 6.09. The van der Waals surface area contributed by atoms with Gasteiger partial charge in [0.25, 0.3) is 0 Å². The van der Waals surface area contributed by atoms with E-state index in [2.05, 4.69) is 5.10 Å². The topological polar surface area (TPSA) is 64.2 Å². The van der Waals surface area contributed by atoms with Crippen LogP contribution in [0.25, 0.3) is 0 Å². The number of Topliss-reactive ketones (excluding diaryl/α,β-unsaturated/α-hetero) is 1. The Morgan fingerprint density at radius 2 is 2.21 bits per heavy atom. The van der Waals surface area contributed by atoms with Gasteiger partial charge < -0.3 is 10.6 Å². The van der Waals surface area contributed by atoms with Crippen LogP contribution in [-0.4, -0.2) is 46.6 Å². The van der Waals surface area contributed by atoms with Crippen molar-refractivity contribution < 1.29 is 4.79 Å². The summed E-state index contributed by atoms with van der Waals surface area (Å²) < 4.78 is 1.64. The molecule has 5 nitrogen and oxygen atoms in total. The van der Waals surface area contributed by atoms with E-state index >= 15 is 0 Å². The Morgan fingerprint density at radius 3 is 2.74 bits per heavy atom. The first-order valence-electron chi connectivity index (χ1n) is 6.49. The van der Waals surface area contributed by atoms with E-state index < -0.39 is 5.54 Å². The van der Waals surface area contributed by atoms with Gasteiger partial charge in [-0.05, 0) is 27.4 Å². The maximum atomic E-state index is 12.5. The number of hydrogen-bond donors (Lipinski definition) is 1. The third kappa shape index (κ3) is 4.03. The molecule has 0 bridgehead atoms. The van der Waals surface area contributed by atoms with Crippen LogP contribution in [-0.2, 0) is 6.54 Å². The van der Waals surface area contributed by atoms with Crippen molar-refractivity contribution in [2.75, 3.05) is 20.6 Å². The number of nitrogens with two attached hydrogens (primary N) is 1. The molecule has 0 fully saturated rings. The van der Waals surface area contributed by atoms with E-state index in [1.165, 1.54) is 6.20 Å². The highest BCUT2D eigenvalue weighted by Gasteiger charge is 2.32. The lowest BCUT2D eigenvalue weighted by Crippen LogP contribution is -2.45. The Bertz CT molecular complexity index is 440. The average molecular weight is 287 g/mol. The van der Waals surface area contributed by atoms with Crippen LogP contribution in [0.3, 0.4) is 0 Å². The normalized spacial score (nSPS) is 14.7. The van der Waals surface area contributed by atoms with Crippen molar-refractivity contribution in [1.82, 2.24) is 14.7 Å². The van der Waals surface area contributed by atoms with E-state index in [-0.39, 0.29) is 5.78 Å². The Labute approximate surface area is 119 Å². The number of carbonyl (C=O) groups is 1. The molecule has 6 heteroatoms. The molecular formula is C13H23ClN4O. The van der Waals surface area contributed by atoms with Crippen LogP contribution in [0.4, 0.5) is 0 Å². The zero-order chi connectivity index (χ0) is 14.6. The molecule has 0 aliphatic carbocycles. The standard InChI is InChI=1S/C13H23ClN4O/c1-5-6-13(2,15)12(19)11-10(14)9-16-18(11)8-7-17(3)4/h9H,5-8,15H2,1-4H3. The average Bonchev–Trinajstić information content (AvgIpc) is 2.66. The van der Waals surface area contributed by atoms with Crippen LogP contribution in [0.2, 0.25) is 5.02 Å². The molecule has 0 amide bonds. The number of nitrogens with zero attached hydrogens (tertiary/aromatic N) is 3.